The minimum absolute atomic E-state index is 0.0145. The molecule has 1 aliphatic rings. The highest BCUT2D eigenvalue weighted by Gasteiger charge is 2.36. The van der Waals surface area contributed by atoms with Crippen LogP contribution in [0, 0.1) is 11.3 Å². The van der Waals surface area contributed by atoms with E-state index in [1.165, 1.54) is 0 Å². The molecule has 1 aliphatic heterocycles. The maximum Gasteiger partial charge on any atom is 0.271 e. The van der Waals surface area contributed by atoms with Crippen molar-refractivity contribution >= 4 is 41.1 Å². The summed E-state index contributed by atoms with van der Waals surface area (Å²) in [5.74, 6) is -0.330. The number of ether oxygens (including phenoxy) is 1. The minimum atomic E-state index is -0.554. The summed E-state index contributed by atoms with van der Waals surface area (Å²) in [5.41, 5.74) is 2.25. The molecule has 158 valence electrons. The quantitative estimate of drug-likeness (QED) is 0.437. The van der Waals surface area contributed by atoms with Crippen molar-refractivity contribution in [1.29, 1.82) is 5.26 Å². The molecule has 0 N–H and O–H groups in total. The highest BCUT2D eigenvalue weighted by atomic mass is 35.5. The van der Waals surface area contributed by atoms with E-state index in [0.29, 0.717) is 26.9 Å². The first-order valence-corrected chi connectivity index (χ1v) is 10.4. The Hall–Kier alpha value is -3.07. The van der Waals surface area contributed by atoms with Gasteiger partial charge in [0.2, 0.25) is 0 Å². The second kappa shape index (κ2) is 9.38. The summed E-state index contributed by atoms with van der Waals surface area (Å²) in [7, 11) is 0. The molecule has 31 heavy (non-hydrogen) atoms. The van der Waals surface area contributed by atoms with E-state index in [0.717, 1.165) is 16.0 Å². The molecule has 0 saturated heterocycles. The molecule has 5 nitrogen and oxygen atoms in total. The molecular weight excluding hydrogens is 435 g/mol. The molecule has 0 fully saturated rings. The Labute approximate surface area is 191 Å². The van der Waals surface area contributed by atoms with Gasteiger partial charge in [0, 0.05) is 27.2 Å². The molecular formula is C24H20Cl2N2O3. The second-order valence-electron chi connectivity index (χ2n) is 7.34. The van der Waals surface area contributed by atoms with Gasteiger partial charge in [-0.2, -0.15) is 5.26 Å². The SMILES string of the molecule is CC1=C(C#N)C(=O)N(C(C)C)C(=O)/C1=C/c1ccc(OCc2ccc(Cl)cc2Cl)cc1. The topological polar surface area (TPSA) is 70.4 Å². The molecule has 7 heteroatoms. The molecule has 0 bridgehead atoms. The van der Waals surface area contributed by atoms with E-state index in [4.69, 9.17) is 27.9 Å². The standard InChI is InChI=1S/C24H20Cl2N2O3/c1-14(2)28-23(29)20(15(3)21(12-27)24(28)30)10-16-4-8-19(9-5-16)31-13-17-6-7-18(25)11-22(17)26/h4-11,14H,13H2,1-3H3/b20-10+. The Morgan fingerprint density at radius 1 is 1.10 bits per heavy atom. The zero-order chi connectivity index (χ0) is 22.7. The van der Waals surface area contributed by atoms with E-state index in [9.17, 15) is 14.9 Å². The van der Waals surface area contributed by atoms with E-state index >= 15 is 0 Å². The predicted molar refractivity (Wildman–Crippen MR) is 121 cm³/mol. The summed E-state index contributed by atoms with van der Waals surface area (Å²) in [6.45, 7) is 5.38. The highest BCUT2D eigenvalue weighted by molar-refractivity contribution is 6.35. The molecule has 0 atom stereocenters. The van der Waals surface area contributed by atoms with Crippen molar-refractivity contribution in [3.05, 3.63) is 80.4 Å². The summed E-state index contributed by atoms with van der Waals surface area (Å²) < 4.78 is 5.78. The number of nitriles is 1. The molecule has 1 heterocycles. The van der Waals surface area contributed by atoms with Crippen LogP contribution in [0.25, 0.3) is 6.08 Å². The van der Waals surface area contributed by atoms with Crippen molar-refractivity contribution < 1.29 is 14.3 Å². The molecule has 0 saturated carbocycles. The van der Waals surface area contributed by atoms with Crippen molar-refractivity contribution in [2.75, 3.05) is 0 Å². The number of rotatable bonds is 5. The Balaban J connectivity index is 1.83. The number of carbonyl (C=O) groups excluding carboxylic acids is 2. The van der Waals surface area contributed by atoms with Gasteiger partial charge in [0.1, 0.15) is 24.0 Å². The van der Waals surface area contributed by atoms with Gasteiger partial charge < -0.3 is 4.74 Å². The third kappa shape index (κ3) is 4.82. The first kappa shape index (κ1) is 22.6. The monoisotopic (exact) mass is 454 g/mol. The molecule has 0 radical (unpaired) electrons. The second-order valence-corrected chi connectivity index (χ2v) is 8.18. The molecule has 2 aromatic carbocycles. The number of halogens is 2. The lowest BCUT2D eigenvalue weighted by molar-refractivity contribution is -0.142. The van der Waals surface area contributed by atoms with E-state index in [1.54, 1.807) is 63.2 Å². The fourth-order valence-electron chi connectivity index (χ4n) is 3.20. The van der Waals surface area contributed by atoms with Gasteiger partial charge in [-0.1, -0.05) is 41.4 Å². The van der Waals surface area contributed by atoms with E-state index in [1.807, 2.05) is 12.1 Å². The molecule has 3 rings (SSSR count). The molecule has 2 aromatic rings. The van der Waals surface area contributed by atoms with Gasteiger partial charge in [-0.15, -0.1) is 0 Å². The maximum absolute atomic E-state index is 12.9. The average Bonchev–Trinajstić information content (AvgIpc) is 2.71. The van der Waals surface area contributed by atoms with Gasteiger partial charge in [0.15, 0.2) is 0 Å². The van der Waals surface area contributed by atoms with Crippen molar-refractivity contribution in [2.45, 2.75) is 33.4 Å². The fourth-order valence-corrected chi connectivity index (χ4v) is 3.66. The first-order valence-electron chi connectivity index (χ1n) is 9.60. The van der Waals surface area contributed by atoms with Crippen LogP contribution in [-0.4, -0.2) is 22.8 Å². The number of nitrogens with zero attached hydrogens (tertiary/aromatic N) is 2. The number of hydrogen-bond acceptors (Lipinski definition) is 4. The molecule has 0 unspecified atom stereocenters. The van der Waals surface area contributed by atoms with Gasteiger partial charge in [-0.25, -0.2) is 0 Å². The summed E-state index contributed by atoms with van der Waals surface area (Å²) >= 11 is 12.1. The third-order valence-corrected chi connectivity index (χ3v) is 5.48. The average molecular weight is 455 g/mol. The van der Waals surface area contributed by atoms with Crippen LogP contribution in [0.15, 0.2) is 59.2 Å². The van der Waals surface area contributed by atoms with Crippen LogP contribution in [0.5, 0.6) is 5.75 Å². The van der Waals surface area contributed by atoms with E-state index in [2.05, 4.69) is 0 Å². The number of carbonyl (C=O) groups is 2. The van der Waals surface area contributed by atoms with Crippen LogP contribution in [0.4, 0.5) is 0 Å². The van der Waals surface area contributed by atoms with Crippen LogP contribution in [0.1, 0.15) is 31.9 Å². The summed E-state index contributed by atoms with van der Waals surface area (Å²) in [6.07, 6.45) is 1.68. The fraction of sp³-hybridized carbons (Fsp3) is 0.208. The summed E-state index contributed by atoms with van der Waals surface area (Å²) in [5, 5.41) is 10.5. The van der Waals surface area contributed by atoms with Crippen molar-refractivity contribution in [3.8, 4) is 11.8 Å². The van der Waals surface area contributed by atoms with Gasteiger partial charge in [-0.05, 0) is 62.2 Å². The van der Waals surface area contributed by atoms with Gasteiger partial charge in [-0.3, -0.25) is 14.5 Å². The van der Waals surface area contributed by atoms with Crippen LogP contribution in [0.2, 0.25) is 10.0 Å². The Morgan fingerprint density at radius 2 is 1.77 bits per heavy atom. The first-order chi connectivity index (χ1) is 14.7. The lowest BCUT2D eigenvalue weighted by Gasteiger charge is -2.30. The Kier molecular flexibility index (Phi) is 6.84. The van der Waals surface area contributed by atoms with Crippen molar-refractivity contribution in [3.63, 3.8) is 0 Å². The summed E-state index contributed by atoms with van der Waals surface area (Å²) in [6, 6.07) is 14.0. The van der Waals surface area contributed by atoms with Gasteiger partial charge >= 0.3 is 0 Å². The molecule has 0 aromatic heterocycles. The minimum Gasteiger partial charge on any atom is -0.489 e. The van der Waals surface area contributed by atoms with Crippen molar-refractivity contribution in [1.82, 2.24) is 4.90 Å². The number of amides is 2. The smallest absolute Gasteiger partial charge is 0.271 e. The third-order valence-electron chi connectivity index (χ3n) is 4.89. The van der Waals surface area contributed by atoms with Crippen LogP contribution in [-0.2, 0) is 16.2 Å². The lowest BCUT2D eigenvalue weighted by Crippen LogP contribution is -2.46. The van der Waals surface area contributed by atoms with Gasteiger partial charge in [0.25, 0.3) is 11.8 Å². The zero-order valence-corrected chi connectivity index (χ0v) is 18.8. The largest absolute Gasteiger partial charge is 0.489 e. The predicted octanol–water partition coefficient (Wildman–Crippen LogP) is 5.57. The van der Waals surface area contributed by atoms with E-state index < -0.39 is 11.8 Å². The lowest BCUT2D eigenvalue weighted by atomic mass is 9.93. The van der Waals surface area contributed by atoms with Gasteiger partial charge in [0.05, 0.1) is 0 Å². The highest BCUT2D eigenvalue weighted by Crippen LogP contribution is 2.29. The normalized spacial score (nSPS) is 15.6. The molecule has 0 spiro atoms. The van der Waals surface area contributed by atoms with Crippen LogP contribution >= 0.6 is 23.2 Å². The number of hydrogen-bond donors (Lipinski definition) is 0. The van der Waals surface area contributed by atoms with Crippen LogP contribution in [0.3, 0.4) is 0 Å². The van der Waals surface area contributed by atoms with Crippen molar-refractivity contribution in [2.24, 2.45) is 0 Å². The Morgan fingerprint density at radius 3 is 2.35 bits per heavy atom. The molecule has 0 aliphatic carbocycles. The maximum atomic E-state index is 12.9. The number of benzene rings is 2. The van der Waals surface area contributed by atoms with Crippen LogP contribution < -0.4 is 4.74 Å². The summed E-state index contributed by atoms with van der Waals surface area (Å²) in [4.78, 5) is 26.5. The number of imide groups is 1. The molecule has 2 amide bonds. The Bertz CT molecular complexity index is 1140. The van der Waals surface area contributed by atoms with E-state index in [-0.39, 0.29) is 18.2 Å². The zero-order valence-electron chi connectivity index (χ0n) is 17.3.